The van der Waals surface area contributed by atoms with Crippen LogP contribution in [0.2, 0.25) is 10.0 Å². The van der Waals surface area contributed by atoms with E-state index in [9.17, 15) is 0 Å². The van der Waals surface area contributed by atoms with Gasteiger partial charge >= 0.3 is 0 Å². The number of rotatable bonds is 7. The molecule has 144 valence electrons. The third-order valence-electron chi connectivity index (χ3n) is 4.70. The van der Waals surface area contributed by atoms with E-state index < -0.39 is 0 Å². The van der Waals surface area contributed by atoms with Gasteiger partial charge in [-0.3, -0.25) is 4.90 Å². The Kier molecular flexibility index (Phi) is 10.8. The van der Waals surface area contributed by atoms with E-state index >= 15 is 0 Å². The molecule has 1 aromatic rings. The summed E-state index contributed by atoms with van der Waals surface area (Å²) in [5.41, 5.74) is 6.90. The molecular formula is C20H35Cl2N3. The molecule has 1 saturated heterocycles. The number of halogens is 2. The molecule has 1 aliphatic rings. The number of hydrogen-bond donors (Lipinski definition) is 1. The van der Waals surface area contributed by atoms with Crippen molar-refractivity contribution in [1.29, 1.82) is 0 Å². The number of piperazine rings is 1. The van der Waals surface area contributed by atoms with Crippen molar-refractivity contribution in [3.05, 3.63) is 28.2 Å². The number of hydrogen-bond acceptors (Lipinski definition) is 3. The van der Waals surface area contributed by atoms with E-state index in [1.54, 1.807) is 0 Å². The Labute approximate surface area is 164 Å². The summed E-state index contributed by atoms with van der Waals surface area (Å²) in [6.07, 6.45) is 3.61. The van der Waals surface area contributed by atoms with Gasteiger partial charge in [0, 0.05) is 32.2 Å². The topological polar surface area (TPSA) is 32.5 Å². The molecule has 0 bridgehead atoms. The maximum Gasteiger partial charge on any atom is 0.0825 e. The smallest absolute Gasteiger partial charge is 0.0825 e. The molecule has 25 heavy (non-hydrogen) atoms. The minimum Gasteiger partial charge on any atom is -0.368 e. The van der Waals surface area contributed by atoms with Gasteiger partial charge in [-0.15, -0.1) is 0 Å². The van der Waals surface area contributed by atoms with E-state index in [1.807, 2.05) is 26.0 Å². The Bertz CT molecular complexity index is 486. The molecule has 0 saturated carbocycles. The Morgan fingerprint density at radius 3 is 2.24 bits per heavy atom. The van der Waals surface area contributed by atoms with Crippen molar-refractivity contribution in [2.45, 2.75) is 53.0 Å². The van der Waals surface area contributed by atoms with Crippen molar-refractivity contribution in [3.63, 3.8) is 0 Å². The fraction of sp³-hybridized carbons (Fsp3) is 0.700. The molecule has 1 heterocycles. The maximum absolute atomic E-state index is 6.33. The first-order valence-corrected chi connectivity index (χ1v) is 10.4. The average molecular weight is 388 g/mol. The summed E-state index contributed by atoms with van der Waals surface area (Å²) < 4.78 is 0. The SMILES string of the molecule is CC.CC(N)CCC(C)CCN1CCN(c2cccc(Cl)c2Cl)CC1. The molecule has 2 rings (SSSR count). The van der Waals surface area contributed by atoms with Crippen LogP contribution in [-0.2, 0) is 0 Å². The summed E-state index contributed by atoms with van der Waals surface area (Å²) in [6.45, 7) is 13.8. The van der Waals surface area contributed by atoms with Crippen molar-refractivity contribution < 1.29 is 0 Å². The molecule has 1 aliphatic heterocycles. The Morgan fingerprint density at radius 2 is 1.64 bits per heavy atom. The summed E-state index contributed by atoms with van der Waals surface area (Å²) >= 11 is 12.4. The van der Waals surface area contributed by atoms with Crippen LogP contribution < -0.4 is 10.6 Å². The predicted octanol–water partition coefficient (Wildman–Crippen LogP) is 5.30. The van der Waals surface area contributed by atoms with E-state index in [0.29, 0.717) is 16.1 Å². The third-order valence-corrected chi connectivity index (χ3v) is 5.51. The first-order valence-electron chi connectivity index (χ1n) is 9.64. The molecule has 0 aromatic heterocycles. The van der Waals surface area contributed by atoms with Gasteiger partial charge in [0.2, 0.25) is 0 Å². The van der Waals surface area contributed by atoms with Crippen LogP contribution in [0.25, 0.3) is 0 Å². The standard InChI is InChI=1S/C18H29Cl2N3.C2H6/c1-14(6-7-15(2)21)8-9-22-10-12-23(13-11-22)17-5-3-4-16(19)18(17)20;1-2/h3-5,14-15H,6-13,21H2,1-2H3;1-2H3. The van der Waals surface area contributed by atoms with Gasteiger partial charge < -0.3 is 10.6 Å². The van der Waals surface area contributed by atoms with E-state index in [1.165, 1.54) is 19.4 Å². The summed E-state index contributed by atoms with van der Waals surface area (Å²) in [5, 5.41) is 1.31. The fourth-order valence-electron chi connectivity index (χ4n) is 3.04. The van der Waals surface area contributed by atoms with Gasteiger partial charge in [-0.2, -0.15) is 0 Å². The highest BCUT2D eigenvalue weighted by Gasteiger charge is 2.20. The summed E-state index contributed by atoms with van der Waals surface area (Å²) in [6, 6.07) is 6.19. The second-order valence-electron chi connectivity index (χ2n) is 6.85. The molecule has 0 amide bonds. The monoisotopic (exact) mass is 387 g/mol. The van der Waals surface area contributed by atoms with Crippen LogP contribution in [0.1, 0.15) is 47.0 Å². The number of benzene rings is 1. The summed E-state index contributed by atoms with van der Waals surface area (Å²) in [7, 11) is 0. The minimum atomic E-state index is 0.323. The largest absolute Gasteiger partial charge is 0.368 e. The molecule has 2 atom stereocenters. The van der Waals surface area contributed by atoms with Gasteiger partial charge in [0.25, 0.3) is 0 Å². The van der Waals surface area contributed by atoms with Crippen LogP contribution in [-0.4, -0.2) is 43.7 Å². The molecule has 2 unspecified atom stereocenters. The zero-order valence-electron chi connectivity index (χ0n) is 16.3. The van der Waals surface area contributed by atoms with Gasteiger partial charge in [-0.05, 0) is 50.8 Å². The minimum absolute atomic E-state index is 0.323. The first kappa shape index (κ1) is 22.6. The number of nitrogens with zero attached hydrogens (tertiary/aromatic N) is 2. The molecule has 1 fully saturated rings. The van der Waals surface area contributed by atoms with Crippen LogP contribution >= 0.6 is 23.2 Å². The van der Waals surface area contributed by atoms with Crippen molar-refractivity contribution in [2.24, 2.45) is 11.7 Å². The average Bonchev–Trinajstić information content (AvgIpc) is 2.63. The van der Waals surface area contributed by atoms with Crippen molar-refractivity contribution in [2.75, 3.05) is 37.6 Å². The van der Waals surface area contributed by atoms with Gasteiger partial charge in [-0.1, -0.05) is 50.0 Å². The number of anilines is 1. The van der Waals surface area contributed by atoms with Crippen molar-refractivity contribution >= 4 is 28.9 Å². The highest BCUT2D eigenvalue weighted by Crippen LogP contribution is 2.32. The highest BCUT2D eigenvalue weighted by atomic mass is 35.5. The quantitative estimate of drug-likeness (QED) is 0.688. The van der Waals surface area contributed by atoms with Gasteiger partial charge in [-0.25, -0.2) is 0 Å². The van der Waals surface area contributed by atoms with Gasteiger partial charge in [0.1, 0.15) is 0 Å². The van der Waals surface area contributed by atoms with Gasteiger partial charge in [0.05, 0.1) is 15.7 Å². The molecule has 2 N–H and O–H groups in total. The third kappa shape index (κ3) is 7.74. The van der Waals surface area contributed by atoms with E-state index in [2.05, 4.69) is 29.7 Å². The van der Waals surface area contributed by atoms with Crippen LogP contribution in [0, 0.1) is 5.92 Å². The molecule has 0 radical (unpaired) electrons. The first-order chi connectivity index (χ1) is 12.0. The van der Waals surface area contributed by atoms with Crippen molar-refractivity contribution in [3.8, 4) is 0 Å². The second-order valence-corrected chi connectivity index (χ2v) is 7.64. The van der Waals surface area contributed by atoms with Crippen LogP contribution in [0.15, 0.2) is 18.2 Å². The summed E-state index contributed by atoms with van der Waals surface area (Å²) in [5.74, 6) is 0.751. The number of nitrogens with two attached hydrogens (primary N) is 1. The Morgan fingerprint density at radius 1 is 1.00 bits per heavy atom. The normalized spacial score (nSPS) is 17.6. The lowest BCUT2D eigenvalue weighted by atomic mass is 9.99. The molecular weight excluding hydrogens is 353 g/mol. The molecule has 1 aromatic carbocycles. The Balaban J connectivity index is 0.00000151. The molecule has 0 spiro atoms. The van der Waals surface area contributed by atoms with E-state index in [-0.39, 0.29) is 0 Å². The van der Waals surface area contributed by atoms with E-state index in [0.717, 1.165) is 44.2 Å². The van der Waals surface area contributed by atoms with Gasteiger partial charge in [0.15, 0.2) is 0 Å². The lowest BCUT2D eigenvalue weighted by molar-refractivity contribution is 0.237. The second kappa shape index (κ2) is 12.0. The lowest BCUT2D eigenvalue weighted by Crippen LogP contribution is -2.47. The predicted molar refractivity (Wildman–Crippen MR) is 113 cm³/mol. The molecule has 0 aliphatic carbocycles. The van der Waals surface area contributed by atoms with Crippen LogP contribution in [0.4, 0.5) is 5.69 Å². The molecule has 5 heteroatoms. The fourth-order valence-corrected chi connectivity index (χ4v) is 3.46. The van der Waals surface area contributed by atoms with Crippen LogP contribution in [0.5, 0.6) is 0 Å². The summed E-state index contributed by atoms with van der Waals surface area (Å²) in [4.78, 5) is 4.89. The maximum atomic E-state index is 6.33. The molecule has 3 nitrogen and oxygen atoms in total. The van der Waals surface area contributed by atoms with E-state index in [4.69, 9.17) is 28.9 Å². The van der Waals surface area contributed by atoms with Crippen molar-refractivity contribution in [1.82, 2.24) is 4.90 Å². The zero-order chi connectivity index (χ0) is 18.8. The highest BCUT2D eigenvalue weighted by molar-refractivity contribution is 6.43. The lowest BCUT2D eigenvalue weighted by Gasteiger charge is -2.37. The van der Waals surface area contributed by atoms with Crippen LogP contribution in [0.3, 0.4) is 0 Å². The Hall–Kier alpha value is -0.480. The zero-order valence-corrected chi connectivity index (χ0v) is 17.8.